The van der Waals surface area contributed by atoms with Crippen LogP contribution in [-0.4, -0.2) is 11.7 Å². The lowest BCUT2D eigenvalue weighted by Crippen LogP contribution is -2.31. The number of hydrogen-bond donors (Lipinski definition) is 1. The molecule has 0 radical (unpaired) electrons. The molecule has 2 unspecified atom stereocenters. The molecule has 0 spiro atoms. The van der Waals surface area contributed by atoms with E-state index in [1.165, 1.54) is 18.4 Å². The minimum absolute atomic E-state index is 0.165. The lowest BCUT2D eigenvalue weighted by Gasteiger charge is -2.40. The van der Waals surface area contributed by atoms with Crippen LogP contribution in [0, 0.1) is 11.3 Å². The Balaban J connectivity index is 2.79. The first-order valence-electron chi connectivity index (χ1n) is 5.06. The highest BCUT2D eigenvalue weighted by Crippen LogP contribution is 2.45. The van der Waals surface area contributed by atoms with E-state index in [4.69, 9.17) is 5.11 Å². The first-order chi connectivity index (χ1) is 6.14. The van der Waals surface area contributed by atoms with Gasteiger partial charge in [-0.3, -0.25) is 0 Å². The molecule has 13 heavy (non-hydrogen) atoms. The number of rotatable bonds is 3. The zero-order chi connectivity index (χ0) is 9.90. The molecule has 74 valence electrons. The Morgan fingerprint density at radius 3 is 2.92 bits per heavy atom. The Morgan fingerprint density at radius 1 is 1.69 bits per heavy atom. The number of aliphatic hydroxyl groups excluding tert-OH is 1. The summed E-state index contributed by atoms with van der Waals surface area (Å²) in [5.74, 6) is 0.434. The van der Waals surface area contributed by atoms with E-state index in [9.17, 15) is 0 Å². The molecule has 0 aromatic heterocycles. The van der Waals surface area contributed by atoms with Crippen molar-refractivity contribution in [3.05, 3.63) is 24.8 Å². The van der Waals surface area contributed by atoms with Gasteiger partial charge < -0.3 is 5.11 Å². The second-order valence-electron chi connectivity index (χ2n) is 4.29. The highest BCUT2D eigenvalue weighted by molar-refractivity contribution is 5.14. The van der Waals surface area contributed by atoms with E-state index in [1.54, 1.807) is 0 Å². The molecule has 0 aromatic rings. The molecule has 0 aliphatic heterocycles. The summed E-state index contributed by atoms with van der Waals surface area (Å²) in [7, 11) is 0. The summed E-state index contributed by atoms with van der Waals surface area (Å²) in [4.78, 5) is 0. The quantitative estimate of drug-likeness (QED) is 0.662. The number of allylic oxidation sites excluding steroid dienone is 2. The van der Waals surface area contributed by atoms with Gasteiger partial charge >= 0.3 is 0 Å². The van der Waals surface area contributed by atoms with Gasteiger partial charge in [0.1, 0.15) is 0 Å². The van der Waals surface area contributed by atoms with Crippen LogP contribution in [0.15, 0.2) is 24.8 Å². The van der Waals surface area contributed by atoms with Crippen molar-refractivity contribution in [3.8, 4) is 0 Å². The summed E-state index contributed by atoms with van der Waals surface area (Å²) in [5.41, 5.74) is 1.46. The van der Waals surface area contributed by atoms with Gasteiger partial charge in [0.25, 0.3) is 0 Å². The fourth-order valence-electron chi connectivity index (χ4n) is 2.42. The van der Waals surface area contributed by atoms with Gasteiger partial charge in [-0.1, -0.05) is 25.2 Å². The Morgan fingerprint density at radius 2 is 2.38 bits per heavy atom. The highest BCUT2D eigenvalue weighted by atomic mass is 16.3. The van der Waals surface area contributed by atoms with Gasteiger partial charge in [-0.05, 0) is 37.0 Å². The smallest absolute Gasteiger partial charge is 0.0437 e. The van der Waals surface area contributed by atoms with Crippen LogP contribution < -0.4 is 0 Å². The van der Waals surface area contributed by atoms with E-state index in [1.807, 2.05) is 6.08 Å². The summed E-state index contributed by atoms with van der Waals surface area (Å²) in [5, 5.41) is 8.99. The molecule has 0 heterocycles. The molecule has 0 amide bonds. The van der Waals surface area contributed by atoms with Crippen LogP contribution in [0.1, 0.15) is 32.6 Å². The van der Waals surface area contributed by atoms with Crippen LogP contribution in [0.5, 0.6) is 0 Å². The van der Waals surface area contributed by atoms with Crippen LogP contribution in [0.25, 0.3) is 0 Å². The first-order valence-corrected chi connectivity index (χ1v) is 5.06. The predicted molar refractivity (Wildman–Crippen MR) is 56.5 cm³/mol. The summed E-state index contributed by atoms with van der Waals surface area (Å²) >= 11 is 0. The topological polar surface area (TPSA) is 20.2 Å². The van der Waals surface area contributed by atoms with E-state index >= 15 is 0 Å². The number of hydrogen-bond acceptors (Lipinski definition) is 1. The van der Waals surface area contributed by atoms with Crippen molar-refractivity contribution in [2.24, 2.45) is 11.3 Å². The van der Waals surface area contributed by atoms with Gasteiger partial charge in [-0.15, -0.1) is 6.58 Å². The monoisotopic (exact) mass is 180 g/mol. The van der Waals surface area contributed by atoms with E-state index in [-0.39, 0.29) is 12.0 Å². The van der Waals surface area contributed by atoms with Gasteiger partial charge in [0, 0.05) is 6.61 Å². The molecule has 1 heteroatoms. The molecule has 1 fully saturated rings. The van der Waals surface area contributed by atoms with Gasteiger partial charge in [0.05, 0.1) is 0 Å². The van der Waals surface area contributed by atoms with Crippen molar-refractivity contribution < 1.29 is 5.11 Å². The van der Waals surface area contributed by atoms with E-state index < -0.39 is 0 Å². The van der Waals surface area contributed by atoms with Gasteiger partial charge in [0.15, 0.2) is 0 Å². The highest BCUT2D eigenvalue weighted by Gasteiger charge is 2.35. The van der Waals surface area contributed by atoms with Crippen molar-refractivity contribution in [1.82, 2.24) is 0 Å². The molecular formula is C12H20O. The molecule has 1 saturated carbocycles. The largest absolute Gasteiger partial charge is 0.396 e. The Labute approximate surface area is 81.2 Å². The van der Waals surface area contributed by atoms with Gasteiger partial charge in [-0.2, -0.15) is 0 Å². The van der Waals surface area contributed by atoms with E-state index in [0.29, 0.717) is 5.92 Å². The van der Waals surface area contributed by atoms with Crippen molar-refractivity contribution in [1.29, 1.82) is 0 Å². The number of aliphatic hydroxyl groups is 1. The summed E-state index contributed by atoms with van der Waals surface area (Å²) in [6.07, 6.45) is 6.39. The molecular weight excluding hydrogens is 160 g/mol. The second-order valence-corrected chi connectivity index (χ2v) is 4.29. The lowest BCUT2D eigenvalue weighted by molar-refractivity contribution is 0.175. The Kier molecular flexibility index (Phi) is 3.32. The zero-order valence-corrected chi connectivity index (χ0v) is 8.55. The average Bonchev–Trinajstić information content (AvgIpc) is 2.12. The van der Waals surface area contributed by atoms with Crippen molar-refractivity contribution in [2.45, 2.75) is 32.6 Å². The maximum atomic E-state index is 8.99. The van der Waals surface area contributed by atoms with Crippen LogP contribution >= 0.6 is 0 Å². The zero-order valence-electron chi connectivity index (χ0n) is 8.55. The molecule has 0 saturated heterocycles. The summed E-state index contributed by atoms with van der Waals surface area (Å²) in [6, 6.07) is 0. The molecule has 1 N–H and O–H groups in total. The molecule has 1 aliphatic carbocycles. The SMILES string of the molecule is C=CC1(C)CCCC(=C)C1CCO. The molecule has 1 rings (SSSR count). The Bertz CT molecular complexity index is 207. The maximum Gasteiger partial charge on any atom is 0.0437 e. The third kappa shape index (κ3) is 2.02. The first kappa shape index (κ1) is 10.5. The fourth-order valence-corrected chi connectivity index (χ4v) is 2.42. The van der Waals surface area contributed by atoms with E-state index in [2.05, 4.69) is 20.1 Å². The van der Waals surface area contributed by atoms with E-state index in [0.717, 1.165) is 12.8 Å². The summed E-state index contributed by atoms with van der Waals surface area (Å²) in [6.45, 7) is 10.5. The predicted octanol–water partition coefficient (Wildman–Crippen LogP) is 2.92. The van der Waals surface area contributed by atoms with Crippen molar-refractivity contribution in [3.63, 3.8) is 0 Å². The third-order valence-electron chi connectivity index (χ3n) is 3.39. The normalized spacial score (nSPS) is 34.6. The fraction of sp³-hybridized carbons (Fsp3) is 0.667. The van der Waals surface area contributed by atoms with Crippen molar-refractivity contribution >= 4 is 0 Å². The molecule has 1 nitrogen and oxygen atoms in total. The second kappa shape index (κ2) is 4.10. The van der Waals surface area contributed by atoms with Gasteiger partial charge in [0.2, 0.25) is 0 Å². The lowest BCUT2D eigenvalue weighted by atomic mass is 9.64. The van der Waals surface area contributed by atoms with Crippen molar-refractivity contribution in [2.75, 3.05) is 6.61 Å². The van der Waals surface area contributed by atoms with Crippen LogP contribution in [0.4, 0.5) is 0 Å². The Hall–Kier alpha value is -0.560. The van der Waals surface area contributed by atoms with Crippen LogP contribution in [-0.2, 0) is 0 Å². The maximum absolute atomic E-state index is 8.99. The molecule has 1 aliphatic rings. The average molecular weight is 180 g/mol. The molecule has 0 aromatic carbocycles. The van der Waals surface area contributed by atoms with Crippen LogP contribution in [0.2, 0.25) is 0 Å². The third-order valence-corrected chi connectivity index (χ3v) is 3.39. The summed E-state index contributed by atoms with van der Waals surface area (Å²) < 4.78 is 0. The minimum atomic E-state index is 0.165. The van der Waals surface area contributed by atoms with Gasteiger partial charge in [-0.25, -0.2) is 0 Å². The minimum Gasteiger partial charge on any atom is -0.396 e. The molecule has 2 atom stereocenters. The molecule has 0 bridgehead atoms. The van der Waals surface area contributed by atoms with Crippen LogP contribution in [0.3, 0.4) is 0 Å². The standard InChI is InChI=1S/C12H20O/c1-4-12(3)8-5-6-10(2)11(12)7-9-13/h4,11,13H,1-2,5-9H2,3H3.